The standard InChI is InChI=1S/C22H25N5O2/c1-15-13-19(29-25-15)17-14-23-22(26(2)3)24-20(17)18-11-7-8-12-27(18)21(28)16-9-5-4-6-10-16/h4-6,9-10,13-14,18H,7-8,11-12H2,1-3H3/t18-/m1/s1. The van der Waals surface area contributed by atoms with Gasteiger partial charge in [0.15, 0.2) is 5.76 Å². The zero-order valence-corrected chi connectivity index (χ0v) is 17.0. The Hall–Kier alpha value is -3.22. The van der Waals surface area contributed by atoms with Gasteiger partial charge in [0.1, 0.15) is 0 Å². The summed E-state index contributed by atoms with van der Waals surface area (Å²) in [5.74, 6) is 1.26. The minimum absolute atomic E-state index is 0.0278. The van der Waals surface area contributed by atoms with E-state index in [9.17, 15) is 4.79 Å². The second-order valence-corrected chi connectivity index (χ2v) is 7.57. The number of aromatic nitrogens is 3. The van der Waals surface area contributed by atoms with Crippen molar-refractivity contribution in [1.29, 1.82) is 0 Å². The molecule has 7 nitrogen and oxygen atoms in total. The molecule has 1 fully saturated rings. The van der Waals surface area contributed by atoms with Crippen LogP contribution in [0.15, 0.2) is 47.1 Å². The van der Waals surface area contributed by atoms with E-state index >= 15 is 0 Å². The van der Waals surface area contributed by atoms with Crippen LogP contribution in [-0.4, -0.2) is 46.6 Å². The highest BCUT2D eigenvalue weighted by Gasteiger charge is 2.32. The Morgan fingerprint density at radius 1 is 1.21 bits per heavy atom. The molecule has 0 N–H and O–H groups in total. The Bertz CT molecular complexity index is 999. The van der Waals surface area contributed by atoms with Gasteiger partial charge in [-0.15, -0.1) is 0 Å². The number of aryl methyl sites for hydroxylation is 1. The molecule has 3 heterocycles. The lowest BCUT2D eigenvalue weighted by Crippen LogP contribution is -2.39. The zero-order valence-electron chi connectivity index (χ0n) is 17.0. The van der Waals surface area contributed by atoms with Crippen LogP contribution in [0.4, 0.5) is 5.95 Å². The van der Waals surface area contributed by atoms with E-state index in [1.54, 1.807) is 6.20 Å². The van der Waals surface area contributed by atoms with E-state index in [1.165, 1.54) is 0 Å². The summed E-state index contributed by atoms with van der Waals surface area (Å²) >= 11 is 0. The molecule has 2 aromatic heterocycles. The SMILES string of the molecule is Cc1cc(-c2cnc(N(C)C)nc2[C@H]2CCCCN2C(=O)c2ccccc2)on1. The molecule has 0 spiro atoms. The topological polar surface area (TPSA) is 75.4 Å². The van der Waals surface area contributed by atoms with Crippen LogP contribution in [0.1, 0.15) is 47.1 Å². The maximum atomic E-state index is 13.3. The van der Waals surface area contributed by atoms with Crippen molar-refractivity contribution in [3.8, 4) is 11.3 Å². The van der Waals surface area contributed by atoms with Gasteiger partial charge in [-0.3, -0.25) is 4.79 Å². The first-order chi connectivity index (χ1) is 14.0. The number of likely N-dealkylation sites (tertiary alicyclic amines) is 1. The summed E-state index contributed by atoms with van der Waals surface area (Å²) in [6.45, 7) is 2.59. The van der Waals surface area contributed by atoms with Crippen molar-refractivity contribution in [2.75, 3.05) is 25.5 Å². The van der Waals surface area contributed by atoms with E-state index in [2.05, 4.69) is 10.1 Å². The molecule has 29 heavy (non-hydrogen) atoms. The summed E-state index contributed by atoms with van der Waals surface area (Å²) in [5, 5.41) is 4.02. The predicted octanol–water partition coefficient (Wildman–Crippen LogP) is 3.87. The van der Waals surface area contributed by atoms with Crippen LogP contribution < -0.4 is 4.90 Å². The van der Waals surface area contributed by atoms with Gasteiger partial charge in [0, 0.05) is 38.5 Å². The van der Waals surface area contributed by atoms with E-state index in [0.29, 0.717) is 23.8 Å². The second-order valence-electron chi connectivity index (χ2n) is 7.57. The van der Waals surface area contributed by atoms with Crippen LogP contribution >= 0.6 is 0 Å². The smallest absolute Gasteiger partial charge is 0.254 e. The first-order valence-electron chi connectivity index (χ1n) is 9.88. The van der Waals surface area contributed by atoms with Crippen molar-refractivity contribution in [1.82, 2.24) is 20.0 Å². The third-order valence-corrected chi connectivity index (χ3v) is 5.20. The second kappa shape index (κ2) is 8.03. The van der Waals surface area contributed by atoms with Gasteiger partial charge >= 0.3 is 0 Å². The fourth-order valence-electron chi connectivity index (χ4n) is 3.74. The number of hydrogen-bond donors (Lipinski definition) is 0. The average molecular weight is 391 g/mol. The number of benzene rings is 1. The maximum Gasteiger partial charge on any atom is 0.254 e. The Balaban J connectivity index is 1.79. The molecular formula is C22H25N5O2. The summed E-state index contributed by atoms with van der Waals surface area (Å²) in [6, 6.07) is 11.2. The number of amides is 1. The van der Waals surface area contributed by atoms with Crippen molar-refractivity contribution in [2.24, 2.45) is 0 Å². The number of rotatable bonds is 4. The molecule has 1 amide bonds. The number of nitrogens with zero attached hydrogens (tertiary/aromatic N) is 5. The van der Waals surface area contributed by atoms with Crippen LogP contribution in [0, 0.1) is 6.92 Å². The van der Waals surface area contributed by atoms with E-state index < -0.39 is 0 Å². The minimum atomic E-state index is -0.140. The number of piperidine rings is 1. The summed E-state index contributed by atoms with van der Waals surface area (Å²) in [5.41, 5.74) is 3.08. The monoisotopic (exact) mass is 391 g/mol. The molecule has 7 heteroatoms. The number of anilines is 1. The molecule has 4 rings (SSSR count). The predicted molar refractivity (Wildman–Crippen MR) is 111 cm³/mol. The first kappa shape index (κ1) is 19.1. The molecule has 3 aromatic rings. The van der Waals surface area contributed by atoms with E-state index in [0.717, 1.165) is 36.2 Å². The van der Waals surface area contributed by atoms with E-state index in [1.807, 2.05) is 67.2 Å². The highest BCUT2D eigenvalue weighted by atomic mass is 16.5. The number of hydrogen-bond acceptors (Lipinski definition) is 6. The van der Waals surface area contributed by atoms with Gasteiger partial charge in [-0.05, 0) is 38.3 Å². The van der Waals surface area contributed by atoms with Crippen LogP contribution in [0.25, 0.3) is 11.3 Å². The molecule has 1 aliphatic heterocycles. The van der Waals surface area contributed by atoms with Crippen molar-refractivity contribution in [2.45, 2.75) is 32.2 Å². The van der Waals surface area contributed by atoms with Crippen LogP contribution in [0.2, 0.25) is 0 Å². The fourth-order valence-corrected chi connectivity index (χ4v) is 3.74. The summed E-state index contributed by atoms with van der Waals surface area (Å²) in [4.78, 5) is 26.4. The third kappa shape index (κ3) is 3.85. The molecule has 0 radical (unpaired) electrons. The van der Waals surface area contributed by atoms with Crippen LogP contribution in [0.3, 0.4) is 0 Å². The highest BCUT2D eigenvalue weighted by Crippen LogP contribution is 2.37. The van der Waals surface area contributed by atoms with Crippen molar-refractivity contribution < 1.29 is 9.32 Å². The van der Waals surface area contributed by atoms with Crippen LogP contribution in [-0.2, 0) is 0 Å². The van der Waals surface area contributed by atoms with E-state index in [-0.39, 0.29) is 11.9 Å². The lowest BCUT2D eigenvalue weighted by atomic mass is 9.94. The van der Waals surface area contributed by atoms with Gasteiger partial charge in [0.05, 0.1) is 23.0 Å². The summed E-state index contributed by atoms with van der Waals surface area (Å²) in [6.07, 6.45) is 4.65. The molecule has 1 aromatic carbocycles. The number of carbonyl (C=O) groups excluding carboxylic acids is 1. The van der Waals surface area contributed by atoms with Gasteiger partial charge in [-0.2, -0.15) is 0 Å². The largest absolute Gasteiger partial charge is 0.356 e. The zero-order chi connectivity index (χ0) is 20.4. The average Bonchev–Trinajstić information content (AvgIpc) is 3.19. The lowest BCUT2D eigenvalue weighted by Gasteiger charge is -2.36. The van der Waals surface area contributed by atoms with Gasteiger partial charge in [-0.1, -0.05) is 23.4 Å². The molecule has 150 valence electrons. The third-order valence-electron chi connectivity index (χ3n) is 5.20. The Labute approximate surface area is 170 Å². The first-order valence-corrected chi connectivity index (χ1v) is 9.88. The maximum absolute atomic E-state index is 13.3. The highest BCUT2D eigenvalue weighted by molar-refractivity contribution is 5.94. The molecule has 0 aliphatic carbocycles. The molecule has 1 saturated heterocycles. The Morgan fingerprint density at radius 3 is 2.69 bits per heavy atom. The summed E-state index contributed by atoms with van der Waals surface area (Å²) in [7, 11) is 3.82. The Morgan fingerprint density at radius 2 is 2.00 bits per heavy atom. The minimum Gasteiger partial charge on any atom is -0.356 e. The van der Waals surface area contributed by atoms with Gasteiger partial charge in [0.2, 0.25) is 5.95 Å². The summed E-state index contributed by atoms with van der Waals surface area (Å²) < 4.78 is 5.52. The normalized spacial score (nSPS) is 16.7. The van der Waals surface area contributed by atoms with Crippen molar-refractivity contribution in [3.63, 3.8) is 0 Å². The molecule has 0 bridgehead atoms. The van der Waals surface area contributed by atoms with Crippen LogP contribution in [0.5, 0.6) is 0 Å². The molecule has 1 atom stereocenters. The number of carbonyl (C=O) groups is 1. The van der Waals surface area contributed by atoms with Crippen molar-refractivity contribution >= 4 is 11.9 Å². The van der Waals surface area contributed by atoms with Gasteiger partial charge < -0.3 is 14.3 Å². The molecular weight excluding hydrogens is 366 g/mol. The van der Waals surface area contributed by atoms with Crippen molar-refractivity contribution in [3.05, 3.63) is 59.5 Å². The molecule has 0 saturated carbocycles. The van der Waals surface area contributed by atoms with Gasteiger partial charge in [-0.25, -0.2) is 9.97 Å². The quantitative estimate of drug-likeness (QED) is 0.672. The van der Waals surface area contributed by atoms with Gasteiger partial charge in [0.25, 0.3) is 5.91 Å². The Kier molecular flexibility index (Phi) is 5.29. The molecule has 0 unspecified atom stereocenters. The van der Waals surface area contributed by atoms with E-state index in [4.69, 9.17) is 9.51 Å². The lowest BCUT2D eigenvalue weighted by molar-refractivity contribution is 0.0606. The molecule has 1 aliphatic rings. The fraction of sp³-hybridized carbons (Fsp3) is 0.364.